The van der Waals surface area contributed by atoms with E-state index in [4.69, 9.17) is 8.85 Å². The standard InChI is InChI=1S/C20H22BrFN6O4/c1-11(25-18(30)17(29)24-2)10-28-5-3-20(4-6-28)16(26-27-19(31)32-20)13-7-12(9-23)15(22)8-14(13)21/h7-8,11H,3-6,10H2,1-2H3,(H,24,29)(H,25,30)(H,27,31)/t11-/m0/s1/i2D3. The summed E-state index contributed by atoms with van der Waals surface area (Å²) in [6, 6.07) is 3.80. The van der Waals surface area contributed by atoms with Gasteiger partial charge in [-0.15, -0.1) is 0 Å². The van der Waals surface area contributed by atoms with Gasteiger partial charge in [-0.3, -0.25) is 9.59 Å². The number of nitriles is 1. The number of amides is 3. The van der Waals surface area contributed by atoms with Crippen molar-refractivity contribution in [3.63, 3.8) is 0 Å². The summed E-state index contributed by atoms with van der Waals surface area (Å²) in [6.45, 7) is 0.107. The van der Waals surface area contributed by atoms with Gasteiger partial charge in [0.05, 0.1) is 5.56 Å². The quantitative estimate of drug-likeness (QED) is 0.515. The molecule has 32 heavy (non-hydrogen) atoms. The second-order valence-corrected chi connectivity index (χ2v) is 8.36. The van der Waals surface area contributed by atoms with E-state index in [-0.39, 0.29) is 5.56 Å². The van der Waals surface area contributed by atoms with E-state index in [0.717, 1.165) is 6.07 Å². The van der Waals surface area contributed by atoms with Crippen LogP contribution in [-0.4, -0.2) is 66.8 Å². The highest BCUT2D eigenvalue weighted by atomic mass is 79.9. The predicted octanol–water partition coefficient (Wildman–Crippen LogP) is 0.989. The van der Waals surface area contributed by atoms with Gasteiger partial charge in [0, 0.05) is 59.6 Å². The Morgan fingerprint density at radius 1 is 1.47 bits per heavy atom. The molecule has 2 heterocycles. The summed E-state index contributed by atoms with van der Waals surface area (Å²) >= 11 is 3.29. The van der Waals surface area contributed by atoms with Crippen molar-refractivity contribution in [3.05, 3.63) is 33.5 Å². The normalized spacial score (nSPS) is 20.4. The molecule has 12 heteroatoms. The molecule has 0 unspecified atom stereocenters. The molecule has 0 aliphatic carbocycles. The third-order valence-corrected chi connectivity index (χ3v) is 5.96. The fourth-order valence-corrected chi connectivity index (χ4v) is 4.29. The Labute approximate surface area is 196 Å². The number of hydrazone groups is 1. The largest absolute Gasteiger partial charge is 0.435 e. The highest BCUT2D eigenvalue weighted by Crippen LogP contribution is 2.35. The van der Waals surface area contributed by atoms with E-state index in [1.807, 2.05) is 4.90 Å². The van der Waals surface area contributed by atoms with Gasteiger partial charge in [-0.05, 0) is 35.0 Å². The molecule has 1 fully saturated rings. The lowest BCUT2D eigenvalue weighted by molar-refractivity contribution is -0.139. The Kier molecular flexibility index (Phi) is 5.90. The van der Waals surface area contributed by atoms with Crippen LogP contribution in [0.25, 0.3) is 0 Å². The maximum absolute atomic E-state index is 14.0. The summed E-state index contributed by atoms with van der Waals surface area (Å²) in [5.74, 6) is -3.01. The van der Waals surface area contributed by atoms with Crippen LogP contribution in [0.4, 0.5) is 9.18 Å². The first-order chi connectivity index (χ1) is 16.3. The molecule has 1 spiro atoms. The molecular formula is C20H22BrFN6O4. The number of likely N-dealkylation sites (N-methyl/N-ethyl adjacent to an activating group) is 1. The number of ether oxygens (including phenoxy) is 1. The maximum Gasteiger partial charge on any atom is 0.428 e. The van der Waals surface area contributed by atoms with Crippen LogP contribution in [-0.2, 0) is 14.3 Å². The van der Waals surface area contributed by atoms with Crippen LogP contribution in [0.15, 0.2) is 21.7 Å². The fraction of sp³-hybridized carbons (Fsp3) is 0.450. The number of hydrogen-bond acceptors (Lipinski definition) is 7. The maximum atomic E-state index is 14.0. The average molecular weight is 512 g/mol. The second kappa shape index (κ2) is 9.62. The lowest BCUT2D eigenvalue weighted by Gasteiger charge is -2.43. The summed E-state index contributed by atoms with van der Waals surface area (Å²) in [5, 5.41) is 17.5. The number of benzene rings is 1. The average Bonchev–Trinajstić information content (AvgIpc) is 2.75. The predicted molar refractivity (Wildman–Crippen MR) is 115 cm³/mol. The molecule has 3 N–H and O–H groups in total. The summed E-state index contributed by atoms with van der Waals surface area (Å²) in [4.78, 5) is 37.6. The summed E-state index contributed by atoms with van der Waals surface area (Å²) < 4.78 is 41.0. The molecule has 3 amide bonds. The number of piperidine rings is 1. The highest BCUT2D eigenvalue weighted by Gasteiger charge is 2.46. The first-order valence-electron chi connectivity index (χ1n) is 11.2. The van der Waals surface area contributed by atoms with Crippen molar-refractivity contribution in [2.24, 2.45) is 5.10 Å². The fourth-order valence-electron chi connectivity index (χ4n) is 3.79. The molecule has 10 nitrogen and oxygen atoms in total. The number of halogens is 2. The van der Waals surface area contributed by atoms with Crippen molar-refractivity contribution in [2.45, 2.75) is 31.4 Å². The van der Waals surface area contributed by atoms with Crippen LogP contribution in [0.3, 0.4) is 0 Å². The molecule has 1 aromatic carbocycles. The minimum absolute atomic E-state index is 0.178. The van der Waals surface area contributed by atoms with Gasteiger partial charge in [0.15, 0.2) is 5.60 Å². The lowest BCUT2D eigenvalue weighted by Crippen LogP contribution is -2.57. The number of nitrogens with one attached hydrogen (secondary N) is 3. The monoisotopic (exact) mass is 511 g/mol. The Morgan fingerprint density at radius 2 is 2.19 bits per heavy atom. The second-order valence-electron chi connectivity index (χ2n) is 7.51. The number of likely N-dealkylation sites (tertiary alicyclic amines) is 1. The van der Waals surface area contributed by atoms with E-state index in [1.54, 1.807) is 18.3 Å². The van der Waals surface area contributed by atoms with Crippen molar-refractivity contribution in [3.8, 4) is 6.07 Å². The highest BCUT2D eigenvalue weighted by molar-refractivity contribution is 9.10. The number of hydrogen-bond donors (Lipinski definition) is 3. The van der Waals surface area contributed by atoms with Crippen molar-refractivity contribution in [1.29, 1.82) is 5.26 Å². The molecule has 0 aromatic heterocycles. The zero-order chi connectivity index (χ0) is 26.0. The Hall–Kier alpha value is -3.04. The Balaban J connectivity index is 1.68. The lowest BCUT2D eigenvalue weighted by atomic mass is 9.82. The van der Waals surface area contributed by atoms with Crippen LogP contribution in [0.2, 0.25) is 0 Å². The van der Waals surface area contributed by atoms with Gasteiger partial charge in [0.25, 0.3) is 0 Å². The zero-order valence-corrected chi connectivity index (χ0v) is 18.6. The van der Waals surface area contributed by atoms with Crippen LogP contribution in [0, 0.1) is 17.1 Å². The first-order valence-corrected chi connectivity index (χ1v) is 10.4. The molecule has 0 saturated carbocycles. The molecule has 0 bridgehead atoms. The third kappa shape index (κ3) is 4.89. The number of carbonyl (C=O) groups is 3. The first kappa shape index (κ1) is 19.6. The molecular weight excluding hydrogens is 487 g/mol. The van der Waals surface area contributed by atoms with Gasteiger partial charge in [0.1, 0.15) is 17.6 Å². The van der Waals surface area contributed by atoms with Gasteiger partial charge >= 0.3 is 17.9 Å². The van der Waals surface area contributed by atoms with E-state index in [1.165, 1.54) is 6.07 Å². The van der Waals surface area contributed by atoms with Gasteiger partial charge in [-0.2, -0.15) is 10.4 Å². The Morgan fingerprint density at radius 3 is 2.84 bits per heavy atom. The third-order valence-electron chi connectivity index (χ3n) is 5.30. The molecule has 1 saturated heterocycles. The molecule has 1 aromatic rings. The van der Waals surface area contributed by atoms with E-state index >= 15 is 0 Å². The molecule has 0 radical (unpaired) electrons. The topological polar surface area (TPSA) is 136 Å². The number of rotatable bonds is 4. The van der Waals surface area contributed by atoms with Crippen molar-refractivity contribution >= 4 is 39.5 Å². The Bertz CT molecular complexity index is 1120. The van der Waals surface area contributed by atoms with E-state index in [2.05, 4.69) is 31.8 Å². The smallest absolute Gasteiger partial charge is 0.428 e. The van der Waals surface area contributed by atoms with Crippen molar-refractivity contribution < 1.29 is 27.6 Å². The van der Waals surface area contributed by atoms with Gasteiger partial charge in [-0.25, -0.2) is 14.6 Å². The number of nitrogens with zero attached hydrogens (tertiary/aromatic N) is 3. The van der Waals surface area contributed by atoms with Crippen molar-refractivity contribution in [2.75, 3.05) is 26.6 Å². The van der Waals surface area contributed by atoms with Crippen LogP contribution in [0.5, 0.6) is 0 Å². The van der Waals surface area contributed by atoms with E-state index in [0.29, 0.717) is 48.2 Å². The van der Waals surface area contributed by atoms with Gasteiger partial charge in [0.2, 0.25) is 0 Å². The summed E-state index contributed by atoms with van der Waals surface area (Å²) in [6.07, 6.45) is -0.0853. The molecule has 1 atom stereocenters. The summed E-state index contributed by atoms with van der Waals surface area (Å²) in [7, 11) is 0. The molecule has 2 aliphatic rings. The zero-order valence-electron chi connectivity index (χ0n) is 20.0. The SMILES string of the molecule is [2H]C([2H])([2H])NC(=O)C(=O)N[C@@H](C)CN1CCC2(CC1)OC(=O)NN=C2c1cc(C#N)c(F)cc1Br. The minimum Gasteiger partial charge on any atom is -0.435 e. The van der Waals surface area contributed by atoms with Crippen molar-refractivity contribution in [1.82, 2.24) is 21.0 Å². The molecule has 3 rings (SSSR count). The van der Waals surface area contributed by atoms with Crippen LogP contribution in [0.1, 0.15) is 35.0 Å². The van der Waals surface area contributed by atoms with Gasteiger partial charge in [-0.1, -0.05) is 0 Å². The number of carbonyl (C=O) groups excluding carboxylic acids is 3. The van der Waals surface area contributed by atoms with Crippen LogP contribution >= 0.6 is 15.9 Å². The van der Waals surface area contributed by atoms with Gasteiger partial charge < -0.3 is 20.3 Å². The van der Waals surface area contributed by atoms with Crippen LogP contribution < -0.4 is 16.1 Å². The molecule has 2 aliphatic heterocycles. The minimum atomic E-state index is -2.77. The summed E-state index contributed by atoms with van der Waals surface area (Å²) in [5.41, 5.74) is 1.74. The van der Waals surface area contributed by atoms with E-state index in [9.17, 15) is 24.0 Å². The van der Waals surface area contributed by atoms with E-state index < -0.39 is 42.3 Å². The molecule has 170 valence electrons.